The molecule has 0 aliphatic rings. The zero-order valence-electron chi connectivity index (χ0n) is 6.88. The second-order valence-electron chi connectivity index (χ2n) is 2.44. The Morgan fingerprint density at radius 3 is 2.83 bits per heavy atom. The topological polar surface area (TPSA) is 29.5 Å². The van der Waals surface area contributed by atoms with E-state index in [4.69, 9.17) is 9.84 Å². The number of rotatable bonds is 3. The van der Waals surface area contributed by atoms with E-state index in [0.717, 1.165) is 15.8 Å². The normalized spacial score (nSPS) is 9.92. The van der Waals surface area contributed by atoms with Gasteiger partial charge in [-0.1, -0.05) is 6.07 Å². The predicted molar refractivity (Wildman–Crippen MR) is 51.5 cm³/mol. The molecule has 0 unspecified atom stereocenters. The van der Waals surface area contributed by atoms with Crippen LogP contribution in [-0.2, 0) is 6.42 Å². The Balaban J connectivity index is 2.89. The van der Waals surface area contributed by atoms with Gasteiger partial charge in [-0.25, -0.2) is 0 Å². The van der Waals surface area contributed by atoms with Crippen LogP contribution >= 0.6 is 15.9 Å². The Kier molecular flexibility index (Phi) is 3.56. The highest BCUT2D eigenvalue weighted by Crippen LogP contribution is 2.25. The summed E-state index contributed by atoms with van der Waals surface area (Å²) in [5.41, 5.74) is 1.08. The number of hydrogen-bond donors (Lipinski definition) is 1. The first-order chi connectivity index (χ1) is 5.77. The van der Waals surface area contributed by atoms with Crippen molar-refractivity contribution in [1.82, 2.24) is 0 Å². The van der Waals surface area contributed by atoms with E-state index in [9.17, 15) is 0 Å². The number of methoxy groups -OCH3 is 1. The van der Waals surface area contributed by atoms with Gasteiger partial charge in [0, 0.05) is 6.61 Å². The lowest BCUT2D eigenvalue weighted by molar-refractivity contribution is 0.299. The number of aliphatic hydroxyl groups excluding tert-OH is 1. The van der Waals surface area contributed by atoms with E-state index < -0.39 is 0 Å². The van der Waals surface area contributed by atoms with Crippen molar-refractivity contribution in [3.63, 3.8) is 0 Å². The zero-order chi connectivity index (χ0) is 8.97. The number of aliphatic hydroxyl groups is 1. The van der Waals surface area contributed by atoms with Crippen LogP contribution in [0.1, 0.15) is 5.56 Å². The van der Waals surface area contributed by atoms with Crippen LogP contribution in [0.15, 0.2) is 22.7 Å². The van der Waals surface area contributed by atoms with Crippen molar-refractivity contribution in [2.75, 3.05) is 13.7 Å². The van der Waals surface area contributed by atoms with Gasteiger partial charge in [0.1, 0.15) is 5.75 Å². The van der Waals surface area contributed by atoms with Crippen molar-refractivity contribution in [2.24, 2.45) is 0 Å². The highest BCUT2D eigenvalue weighted by atomic mass is 79.9. The second-order valence-corrected chi connectivity index (χ2v) is 3.30. The first-order valence-corrected chi connectivity index (χ1v) is 4.50. The fourth-order valence-corrected chi connectivity index (χ4v) is 1.40. The first kappa shape index (κ1) is 9.55. The molecule has 0 aromatic heterocycles. The fraction of sp³-hybridized carbons (Fsp3) is 0.333. The minimum absolute atomic E-state index is 0.171. The molecule has 0 heterocycles. The van der Waals surface area contributed by atoms with Crippen molar-refractivity contribution in [2.45, 2.75) is 6.42 Å². The van der Waals surface area contributed by atoms with Crippen molar-refractivity contribution in [3.8, 4) is 5.75 Å². The quantitative estimate of drug-likeness (QED) is 0.861. The third-order valence-electron chi connectivity index (χ3n) is 1.62. The standard InChI is InChI=1S/C9H11BrO2/c1-12-9-6-7(4-5-11)2-3-8(9)10/h2-3,6,11H,4-5H2,1H3. The van der Waals surface area contributed by atoms with Gasteiger partial charge in [0.25, 0.3) is 0 Å². The summed E-state index contributed by atoms with van der Waals surface area (Å²) in [6.45, 7) is 0.171. The Labute approximate surface area is 80.3 Å². The molecule has 12 heavy (non-hydrogen) atoms. The average molecular weight is 231 g/mol. The number of ether oxygens (including phenoxy) is 1. The summed E-state index contributed by atoms with van der Waals surface area (Å²) in [7, 11) is 1.63. The van der Waals surface area contributed by atoms with Gasteiger partial charge in [-0.05, 0) is 40.0 Å². The van der Waals surface area contributed by atoms with E-state index in [1.54, 1.807) is 7.11 Å². The fourth-order valence-electron chi connectivity index (χ4n) is 0.989. The zero-order valence-corrected chi connectivity index (χ0v) is 8.47. The lowest BCUT2D eigenvalue weighted by Crippen LogP contribution is -1.92. The van der Waals surface area contributed by atoms with Gasteiger partial charge >= 0.3 is 0 Å². The smallest absolute Gasteiger partial charge is 0.133 e. The van der Waals surface area contributed by atoms with Crippen LogP contribution < -0.4 is 4.74 Å². The molecule has 0 radical (unpaired) electrons. The predicted octanol–water partition coefficient (Wildman–Crippen LogP) is 1.99. The van der Waals surface area contributed by atoms with Gasteiger partial charge in [-0.3, -0.25) is 0 Å². The van der Waals surface area contributed by atoms with Crippen LogP contribution in [0.3, 0.4) is 0 Å². The van der Waals surface area contributed by atoms with E-state index in [1.165, 1.54) is 0 Å². The van der Waals surface area contributed by atoms with E-state index in [0.29, 0.717) is 6.42 Å². The third kappa shape index (κ3) is 2.22. The molecule has 1 aromatic rings. The van der Waals surface area contributed by atoms with Crippen molar-refractivity contribution in [1.29, 1.82) is 0 Å². The van der Waals surface area contributed by atoms with Crippen LogP contribution in [0.4, 0.5) is 0 Å². The first-order valence-electron chi connectivity index (χ1n) is 3.71. The molecule has 0 saturated heterocycles. The second kappa shape index (κ2) is 4.48. The average Bonchev–Trinajstić information content (AvgIpc) is 2.09. The van der Waals surface area contributed by atoms with Crippen LogP contribution in [0.5, 0.6) is 5.75 Å². The Bertz CT molecular complexity index is 261. The van der Waals surface area contributed by atoms with Gasteiger partial charge in [-0.15, -0.1) is 0 Å². The molecule has 0 spiro atoms. The maximum atomic E-state index is 8.70. The summed E-state index contributed by atoms with van der Waals surface area (Å²) in [6, 6.07) is 5.80. The largest absolute Gasteiger partial charge is 0.496 e. The minimum Gasteiger partial charge on any atom is -0.496 e. The number of hydrogen-bond acceptors (Lipinski definition) is 2. The molecule has 0 aliphatic heterocycles. The molecule has 0 fully saturated rings. The summed E-state index contributed by atoms with van der Waals surface area (Å²) in [4.78, 5) is 0. The lowest BCUT2D eigenvalue weighted by atomic mass is 10.1. The number of benzene rings is 1. The van der Waals surface area contributed by atoms with Crippen molar-refractivity contribution >= 4 is 15.9 Å². The van der Waals surface area contributed by atoms with Crippen molar-refractivity contribution < 1.29 is 9.84 Å². The Morgan fingerprint density at radius 1 is 1.50 bits per heavy atom. The molecule has 0 aliphatic carbocycles. The molecule has 66 valence electrons. The summed E-state index contributed by atoms with van der Waals surface area (Å²) in [5.74, 6) is 0.806. The monoisotopic (exact) mass is 230 g/mol. The Hall–Kier alpha value is -0.540. The van der Waals surface area contributed by atoms with Crippen LogP contribution in [0.25, 0.3) is 0 Å². The van der Waals surface area contributed by atoms with Gasteiger partial charge in [0.15, 0.2) is 0 Å². The molecule has 1 rings (SSSR count). The van der Waals surface area contributed by atoms with E-state index >= 15 is 0 Å². The van der Waals surface area contributed by atoms with Crippen LogP contribution in [-0.4, -0.2) is 18.8 Å². The summed E-state index contributed by atoms with van der Waals surface area (Å²) >= 11 is 3.35. The molecule has 1 N–H and O–H groups in total. The molecule has 3 heteroatoms. The molecular formula is C9H11BrO2. The molecule has 0 atom stereocenters. The van der Waals surface area contributed by atoms with Gasteiger partial charge in [-0.2, -0.15) is 0 Å². The van der Waals surface area contributed by atoms with Crippen LogP contribution in [0, 0.1) is 0 Å². The van der Waals surface area contributed by atoms with E-state index in [-0.39, 0.29) is 6.61 Å². The third-order valence-corrected chi connectivity index (χ3v) is 2.27. The van der Waals surface area contributed by atoms with Crippen LogP contribution in [0.2, 0.25) is 0 Å². The summed E-state index contributed by atoms with van der Waals surface area (Å²) in [5, 5.41) is 8.70. The van der Waals surface area contributed by atoms with Gasteiger partial charge in [0.2, 0.25) is 0 Å². The van der Waals surface area contributed by atoms with Gasteiger partial charge < -0.3 is 9.84 Å². The lowest BCUT2D eigenvalue weighted by Gasteiger charge is -2.04. The highest BCUT2D eigenvalue weighted by Gasteiger charge is 2.00. The molecular weight excluding hydrogens is 220 g/mol. The summed E-state index contributed by atoms with van der Waals surface area (Å²) < 4.78 is 6.04. The van der Waals surface area contributed by atoms with Gasteiger partial charge in [0.05, 0.1) is 11.6 Å². The number of halogens is 1. The summed E-state index contributed by atoms with van der Waals surface area (Å²) in [6.07, 6.45) is 0.670. The van der Waals surface area contributed by atoms with Crippen molar-refractivity contribution in [3.05, 3.63) is 28.2 Å². The minimum atomic E-state index is 0.171. The highest BCUT2D eigenvalue weighted by molar-refractivity contribution is 9.10. The molecule has 0 saturated carbocycles. The molecule has 0 bridgehead atoms. The molecule has 0 amide bonds. The maximum Gasteiger partial charge on any atom is 0.133 e. The van der Waals surface area contributed by atoms with E-state index in [2.05, 4.69) is 15.9 Å². The maximum absolute atomic E-state index is 8.70. The molecule has 2 nitrogen and oxygen atoms in total. The molecule has 1 aromatic carbocycles. The SMILES string of the molecule is COc1cc(CCO)ccc1Br. The van der Waals surface area contributed by atoms with E-state index in [1.807, 2.05) is 18.2 Å². The Morgan fingerprint density at radius 2 is 2.25 bits per heavy atom.